The van der Waals surface area contributed by atoms with Gasteiger partial charge in [0.25, 0.3) is 5.56 Å². The Bertz CT molecular complexity index is 477. The SMILES string of the molecule is C#CCSc1nc(C(C)(C)C)cc(=O)n1C. The molecule has 1 heterocycles. The summed E-state index contributed by atoms with van der Waals surface area (Å²) in [5.41, 5.74) is 0.633. The predicted octanol–water partition coefficient (Wildman–Crippen LogP) is 1.80. The molecule has 1 aromatic heterocycles. The minimum absolute atomic E-state index is 0.0422. The van der Waals surface area contributed by atoms with Crippen molar-refractivity contribution in [3.05, 3.63) is 22.1 Å². The molecule has 0 saturated carbocycles. The van der Waals surface area contributed by atoms with Gasteiger partial charge < -0.3 is 0 Å². The third kappa shape index (κ3) is 2.89. The average molecular weight is 236 g/mol. The van der Waals surface area contributed by atoms with Crippen LogP contribution in [0.4, 0.5) is 0 Å². The van der Waals surface area contributed by atoms with Crippen molar-refractivity contribution in [1.82, 2.24) is 9.55 Å². The first-order valence-electron chi connectivity index (χ1n) is 5.01. The number of rotatable bonds is 2. The molecule has 3 nitrogen and oxygen atoms in total. The summed E-state index contributed by atoms with van der Waals surface area (Å²) < 4.78 is 1.53. The first-order chi connectivity index (χ1) is 7.36. The van der Waals surface area contributed by atoms with Gasteiger partial charge in [0.2, 0.25) is 0 Å². The Hall–Kier alpha value is -1.21. The molecule has 0 saturated heterocycles. The molecule has 16 heavy (non-hydrogen) atoms. The van der Waals surface area contributed by atoms with E-state index in [0.29, 0.717) is 10.9 Å². The van der Waals surface area contributed by atoms with Crippen LogP contribution in [0.5, 0.6) is 0 Å². The molecule has 0 N–H and O–H groups in total. The molecule has 0 radical (unpaired) electrons. The molecule has 4 heteroatoms. The third-order valence-corrected chi connectivity index (χ3v) is 3.08. The van der Waals surface area contributed by atoms with Crippen LogP contribution in [0.1, 0.15) is 26.5 Å². The smallest absolute Gasteiger partial charge is 0.254 e. The topological polar surface area (TPSA) is 34.9 Å². The summed E-state index contributed by atoms with van der Waals surface area (Å²) >= 11 is 1.41. The van der Waals surface area contributed by atoms with Crippen molar-refractivity contribution >= 4 is 11.8 Å². The fourth-order valence-corrected chi connectivity index (χ4v) is 1.80. The summed E-state index contributed by atoms with van der Waals surface area (Å²) in [6.45, 7) is 6.10. The van der Waals surface area contributed by atoms with Crippen LogP contribution >= 0.6 is 11.8 Å². The molecule has 1 aromatic rings. The Balaban J connectivity index is 3.24. The van der Waals surface area contributed by atoms with Crippen molar-refractivity contribution in [3.8, 4) is 12.3 Å². The highest BCUT2D eigenvalue weighted by atomic mass is 32.2. The highest BCUT2D eigenvalue weighted by Crippen LogP contribution is 2.21. The molecule has 0 aliphatic heterocycles. The Morgan fingerprint density at radius 3 is 2.69 bits per heavy atom. The quantitative estimate of drug-likeness (QED) is 0.446. The van der Waals surface area contributed by atoms with E-state index in [1.54, 1.807) is 13.1 Å². The van der Waals surface area contributed by atoms with Gasteiger partial charge in [-0.05, 0) is 0 Å². The first-order valence-corrected chi connectivity index (χ1v) is 5.99. The lowest BCUT2D eigenvalue weighted by molar-refractivity contribution is 0.543. The van der Waals surface area contributed by atoms with Gasteiger partial charge in [0.15, 0.2) is 5.16 Å². The maximum atomic E-state index is 11.7. The van der Waals surface area contributed by atoms with Gasteiger partial charge in [-0.1, -0.05) is 38.5 Å². The van der Waals surface area contributed by atoms with Gasteiger partial charge in [0.1, 0.15) is 0 Å². The normalized spacial score (nSPS) is 11.2. The zero-order valence-corrected chi connectivity index (χ0v) is 10.9. The van der Waals surface area contributed by atoms with Crippen LogP contribution in [0.2, 0.25) is 0 Å². The van der Waals surface area contributed by atoms with Crippen LogP contribution in [0, 0.1) is 12.3 Å². The Morgan fingerprint density at radius 1 is 1.56 bits per heavy atom. The first kappa shape index (κ1) is 12.9. The van der Waals surface area contributed by atoms with E-state index >= 15 is 0 Å². The standard InChI is InChI=1S/C12H16N2OS/c1-6-7-16-11-13-9(12(2,3)4)8-10(15)14(11)5/h1,8H,7H2,2-5H3. The highest BCUT2D eigenvalue weighted by molar-refractivity contribution is 7.99. The second-order valence-electron chi connectivity index (χ2n) is 4.56. The Morgan fingerprint density at radius 2 is 2.19 bits per heavy atom. The third-order valence-electron chi connectivity index (χ3n) is 2.15. The second kappa shape index (κ2) is 4.75. The maximum Gasteiger partial charge on any atom is 0.254 e. The van der Waals surface area contributed by atoms with E-state index in [4.69, 9.17) is 6.42 Å². The summed E-state index contributed by atoms with van der Waals surface area (Å²) in [6.07, 6.45) is 5.20. The van der Waals surface area contributed by atoms with Gasteiger partial charge in [0.05, 0.1) is 11.4 Å². The largest absolute Gasteiger partial charge is 0.291 e. The van der Waals surface area contributed by atoms with E-state index in [-0.39, 0.29) is 11.0 Å². The van der Waals surface area contributed by atoms with E-state index in [0.717, 1.165) is 5.69 Å². The van der Waals surface area contributed by atoms with Crippen molar-refractivity contribution in [2.24, 2.45) is 7.05 Å². The van der Waals surface area contributed by atoms with Crippen molar-refractivity contribution in [2.45, 2.75) is 31.3 Å². The van der Waals surface area contributed by atoms with Gasteiger partial charge in [-0.25, -0.2) is 4.98 Å². The molecule has 0 aliphatic carbocycles. The lowest BCUT2D eigenvalue weighted by Gasteiger charge is -2.18. The molecule has 0 unspecified atom stereocenters. The summed E-state index contributed by atoms with van der Waals surface area (Å²) in [7, 11) is 1.71. The van der Waals surface area contributed by atoms with Gasteiger partial charge in [-0.3, -0.25) is 9.36 Å². The molecule has 0 amide bonds. The fraction of sp³-hybridized carbons (Fsp3) is 0.500. The van der Waals surface area contributed by atoms with Crippen LogP contribution in [-0.4, -0.2) is 15.3 Å². The van der Waals surface area contributed by atoms with Crippen LogP contribution in [0.15, 0.2) is 16.0 Å². The summed E-state index contributed by atoms with van der Waals surface area (Å²) in [5.74, 6) is 3.05. The summed E-state index contributed by atoms with van der Waals surface area (Å²) in [5, 5.41) is 0.676. The van der Waals surface area contributed by atoms with Crippen molar-refractivity contribution < 1.29 is 0 Å². The maximum absolute atomic E-state index is 11.7. The average Bonchev–Trinajstić information content (AvgIpc) is 2.18. The lowest BCUT2D eigenvalue weighted by Crippen LogP contribution is -2.25. The number of hydrogen-bond acceptors (Lipinski definition) is 3. The predicted molar refractivity (Wildman–Crippen MR) is 67.7 cm³/mol. The van der Waals surface area contributed by atoms with Gasteiger partial charge in [-0.2, -0.15) is 0 Å². The molecule has 86 valence electrons. The lowest BCUT2D eigenvalue weighted by atomic mass is 9.92. The minimum atomic E-state index is -0.126. The van der Waals surface area contributed by atoms with Crippen LogP contribution in [-0.2, 0) is 12.5 Å². The monoisotopic (exact) mass is 236 g/mol. The molecule has 0 atom stereocenters. The van der Waals surface area contributed by atoms with Crippen LogP contribution < -0.4 is 5.56 Å². The van der Waals surface area contributed by atoms with Crippen LogP contribution in [0.25, 0.3) is 0 Å². The summed E-state index contributed by atoms with van der Waals surface area (Å²) in [6, 6.07) is 1.58. The van der Waals surface area contributed by atoms with Crippen molar-refractivity contribution in [3.63, 3.8) is 0 Å². The number of terminal acetylenes is 1. The molecule has 1 rings (SSSR count). The Labute approximate surface area is 100 Å². The minimum Gasteiger partial charge on any atom is -0.291 e. The van der Waals surface area contributed by atoms with Crippen molar-refractivity contribution in [1.29, 1.82) is 0 Å². The van der Waals surface area contributed by atoms with Gasteiger partial charge in [-0.15, -0.1) is 6.42 Å². The molecular formula is C12H16N2OS. The Kier molecular flexibility index (Phi) is 3.82. The van der Waals surface area contributed by atoms with E-state index in [9.17, 15) is 4.79 Å². The van der Waals surface area contributed by atoms with E-state index in [1.807, 2.05) is 20.8 Å². The number of thioether (sulfide) groups is 1. The number of hydrogen-bond donors (Lipinski definition) is 0. The molecular weight excluding hydrogens is 220 g/mol. The zero-order chi connectivity index (χ0) is 12.3. The fourth-order valence-electron chi connectivity index (χ4n) is 1.14. The number of aromatic nitrogens is 2. The molecule has 0 aromatic carbocycles. The number of nitrogens with zero attached hydrogens (tertiary/aromatic N) is 2. The molecule has 0 fully saturated rings. The van der Waals surface area contributed by atoms with E-state index in [2.05, 4.69) is 10.9 Å². The van der Waals surface area contributed by atoms with E-state index < -0.39 is 0 Å². The van der Waals surface area contributed by atoms with Gasteiger partial charge in [0, 0.05) is 18.5 Å². The van der Waals surface area contributed by atoms with Gasteiger partial charge >= 0.3 is 0 Å². The van der Waals surface area contributed by atoms with E-state index in [1.165, 1.54) is 16.3 Å². The summed E-state index contributed by atoms with van der Waals surface area (Å²) in [4.78, 5) is 16.2. The molecule has 0 spiro atoms. The molecule has 0 aliphatic rings. The second-order valence-corrected chi connectivity index (χ2v) is 5.51. The molecule has 0 bridgehead atoms. The highest BCUT2D eigenvalue weighted by Gasteiger charge is 2.18. The van der Waals surface area contributed by atoms with Crippen LogP contribution in [0.3, 0.4) is 0 Å². The zero-order valence-electron chi connectivity index (χ0n) is 10.1. The van der Waals surface area contributed by atoms with Crippen molar-refractivity contribution in [2.75, 3.05) is 5.75 Å².